The second-order valence-corrected chi connectivity index (χ2v) is 26.6. The zero-order valence-electron chi connectivity index (χ0n) is 50.0. The number of para-hydroxylation sites is 3. The molecule has 4 aliphatic rings. The summed E-state index contributed by atoms with van der Waals surface area (Å²) in [5, 5.41) is 2.14. The van der Waals surface area contributed by atoms with Crippen LogP contribution in [0.5, 0.6) is 0 Å². The lowest BCUT2D eigenvalue weighted by molar-refractivity contribution is 0.332. The van der Waals surface area contributed by atoms with Crippen LogP contribution in [0.2, 0.25) is 0 Å². The van der Waals surface area contributed by atoms with Gasteiger partial charge >= 0.3 is 0 Å². The Morgan fingerprint density at radius 3 is 1.72 bits per heavy atom. The second-order valence-electron chi connectivity index (χ2n) is 26.6. The molecule has 0 saturated carbocycles. The van der Waals surface area contributed by atoms with Gasteiger partial charge in [0.2, 0.25) is 0 Å². The summed E-state index contributed by atoms with van der Waals surface area (Å²) in [7, 11) is 0. The maximum atomic E-state index is 9.40. The lowest BCUT2D eigenvalue weighted by Gasteiger charge is -2.48. The summed E-state index contributed by atoms with van der Waals surface area (Å²) >= 11 is 0. The average molecular weight is 999 g/mol. The lowest BCUT2D eigenvalue weighted by Crippen LogP contribution is -2.62. The van der Waals surface area contributed by atoms with E-state index in [1.807, 2.05) is 18.2 Å². The molecule has 0 fully saturated rings. The van der Waals surface area contributed by atoms with Crippen molar-refractivity contribution in [3.63, 3.8) is 0 Å². The molecule has 0 N–H and O–H groups in total. The minimum absolute atomic E-state index is 0.0187. The number of hydrogen-bond donors (Lipinski definition) is 0. The number of anilines is 9. The Hall–Kier alpha value is -6.98. The zero-order valence-corrected chi connectivity index (χ0v) is 47.0. The third kappa shape index (κ3) is 7.23. The first kappa shape index (κ1) is 45.2. The van der Waals surface area contributed by atoms with Gasteiger partial charge in [0.1, 0.15) is 5.58 Å². The number of furan rings is 1. The third-order valence-corrected chi connectivity index (χ3v) is 18.6. The summed E-state index contributed by atoms with van der Waals surface area (Å²) in [4.78, 5) is 7.24. The van der Waals surface area contributed by atoms with Crippen LogP contribution in [0, 0.1) is 20.7 Å². The molecular weight excluding hydrogens is 922 g/mol. The molecular formula is C71H74BN3O. The molecule has 0 bridgehead atoms. The van der Waals surface area contributed by atoms with Crippen molar-refractivity contribution in [1.82, 2.24) is 0 Å². The van der Waals surface area contributed by atoms with Crippen LogP contribution in [0.15, 0.2) is 150 Å². The van der Waals surface area contributed by atoms with Crippen molar-refractivity contribution >= 4 is 96.2 Å². The smallest absolute Gasteiger partial charge is 0.252 e. The predicted molar refractivity (Wildman–Crippen MR) is 326 cm³/mol. The fourth-order valence-corrected chi connectivity index (χ4v) is 14.1. The number of rotatable bonds is 5. The van der Waals surface area contributed by atoms with Crippen molar-refractivity contribution in [3.05, 3.63) is 190 Å². The van der Waals surface area contributed by atoms with E-state index < -0.39 is 6.85 Å². The highest BCUT2D eigenvalue weighted by Gasteiger charge is 2.48. The van der Waals surface area contributed by atoms with E-state index in [2.05, 4.69) is 232 Å². The van der Waals surface area contributed by atoms with Crippen LogP contribution in [0.3, 0.4) is 0 Å². The minimum atomic E-state index is -2.44. The Morgan fingerprint density at radius 1 is 0.526 bits per heavy atom. The summed E-state index contributed by atoms with van der Waals surface area (Å²) in [6.07, 6.45) is 4.36. The van der Waals surface area contributed by atoms with Gasteiger partial charge in [0.25, 0.3) is 6.71 Å². The number of fused-ring (bicyclic) bond motifs is 9. The Morgan fingerprint density at radius 2 is 1.09 bits per heavy atom. The largest absolute Gasteiger partial charge is 0.454 e. The van der Waals surface area contributed by atoms with Crippen molar-refractivity contribution in [1.29, 1.82) is 0 Å². The molecule has 76 heavy (non-hydrogen) atoms. The number of benzene rings is 8. The van der Waals surface area contributed by atoms with Gasteiger partial charge in [0.15, 0.2) is 5.58 Å². The summed E-state index contributed by atoms with van der Waals surface area (Å²) < 4.78 is 35.4. The molecule has 9 aromatic rings. The minimum Gasteiger partial charge on any atom is -0.454 e. The first-order valence-electron chi connectivity index (χ1n) is 29.4. The molecule has 0 radical (unpaired) electrons. The van der Waals surface area contributed by atoms with E-state index in [9.17, 15) is 4.11 Å². The zero-order chi connectivity index (χ0) is 55.7. The number of nitrogens with zero attached hydrogens (tertiary/aromatic N) is 3. The van der Waals surface area contributed by atoms with Crippen molar-refractivity contribution < 1.29 is 8.53 Å². The standard InChI is InChI=1S/C71H74BN3O/c1-43-37-61-65-62(38-43)75(58-32-30-50(67(4,5)6)64-48-23-17-20-26-63(48)76-66(58)64)59-40-47(73(56-24-18-15-21-44(56)2)57-25-19-16-22-45(57)3)28-31-54(59)72(65)55-41-52-53(71(13,14)36-35-70(52,11)12)42-60(55)74(61)46-27-29-49-51(39-46)69(9,10)34-33-68(49,7)8/h15-32,37-42H,33-36H2,1-14H3/i1D3. The van der Waals surface area contributed by atoms with Crippen molar-refractivity contribution in [3.8, 4) is 0 Å². The first-order chi connectivity index (χ1) is 37.2. The van der Waals surface area contributed by atoms with E-state index >= 15 is 0 Å². The van der Waals surface area contributed by atoms with Crippen LogP contribution >= 0.6 is 0 Å². The summed E-state index contributed by atoms with van der Waals surface area (Å²) in [5.41, 5.74) is 22.9. The van der Waals surface area contributed by atoms with Crippen LogP contribution in [0.25, 0.3) is 21.9 Å². The Labute approximate surface area is 457 Å². The van der Waals surface area contributed by atoms with Gasteiger partial charge in [0, 0.05) is 60.4 Å². The molecule has 2 aliphatic carbocycles. The molecule has 0 spiro atoms. The van der Waals surface area contributed by atoms with Gasteiger partial charge in [-0.15, -0.1) is 0 Å². The molecule has 382 valence electrons. The fraction of sp³-hybridized carbons (Fsp3) is 0.324. The third-order valence-electron chi connectivity index (χ3n) is 18.6. The monoisotopic (exact) mass is 999 g/mol. The molecule has 4 nitrogen and oxygen atoms in total. The molecule has 5 heteroatoms. The van der Waals surface area contributed by atoms with Gasteiger partial charge in [-0.3, -0.25) is 0 Å². The van der Waals surface area contributed by atoms with Gasteiger partial charge in [0.05, 0.1) is 5.69 Å². The predicted octanol–water partition coefficient (Wildman–Crippen LogP) is 18.1. The number of aryl methyl sites for hydroxylation is 3. The quantitative estimate of drug-likeness (QED) is 0.160. The van der Waals surface area contributed by atoms with Crippen LogP contribution in [0.4, 0.5) is 51.2 Å². The van der Waals surface area contributed by atoms with Crippen LogP contribution in [0.1, 0.15) is 150 Å². The average Bonchev–Trinajstić information content (AvgIpc) is 2.86. The molecule has 0 amide bonds. The molecule has 8 aromatic carbocycles. The van der Waals surface area contributed by atoms with E-state index in [1.54, 1.807) is 0 Å². The highest BCUT2D eigenvalue weighted by molar-refractivity contribution is 7.00. The van der Waals surface area contributed by atoms with Crippen LogP contribution in [-0.2, 0) is 27.1 Å². The van der Waals surface area contributed by atoms with E-state index in [0.29, 0.717) is 5.56 Å². The molecule has 0 saturated heterocycles. The van der Waals surface area contributed by atoms with E-state index in [1.165, 1.54) is 33.3 Å². The van der Waals surface area contributed by atoms with Gasteiger partial charge in [-0.1, -0.05) is 155 Å². The van der Waals surface area contributed by atoms with Gasteiger partial charge < -0.3 is 19.1 Å². The van der Waals surface area contributed by atoms with E-state index in [0.717, 1.165) is 121 Å². The fourth-order valence-electron chi connectivity index (χ4n) is 14.1. The van der Waals surface area contributed by atoms with Crippen LogP contribution < -0.4 is 31.1 Å². The van der Waals surface area contributed by atoms with Crippen molar-refractivity contribution in [2.45, 2.75) is 150 Å². The maximum absolute atomic E-state index is 9.40. The Bertz CT molecular complexity index is 3970. The van der Waals surface area contributed by atoms with Crippen LogP contribution in [-0.4, -0.2) is 6.71 Å². The first-order valence-corrected chi connectivity index (χ1v) is 27.9. The molecule has 0 atom stereocenters. The molecule has 2 aliphatic heterocycles. The summed E-state index contributed by atoms with van der Waals surface area (Å²) in [6, 6.07) is 53.5. The van der Waals surface area contributed by atoms with E-state index in [-0.39, 0.29) is 33.8 Å². The lowest BCUT2D eigenvalue weighted by atomic mass is 9.33. The summed E-state index contributed by atoms with van der Waals surface area (Å²) in [6.45, 7) is 27.7. The maximum Gasteiger partial charge on any atom is 0.252 e. The summed E-state index contributed by atoms with van der Waals surface area (Å²) in [5.74, 6) is 0. The number of hydrogen-bond acceptors (Lipinski definition) is 4. The molecule has 1 aromatic heterocycles. The molecule has 0 unspecified atom stereocenters. The Balaban J connectivity index is 1.19. The molecule has 13 rings (SSSR count). The SMILES string of the molecule is [2H]C([2H])([2H])c1cc2c3c(c1)N(c1ccc(C(C)(C)C)c4c1oc1ccccc14)c1cc(N(c4ccccc4C)c4ccccc4C)ccc1B3c1cc3c(cc1N2c1ccc2c(c1)C(C)(C)CCC2(C)C)C(C)(C)CCC3(C)C. The normalized spacial score (nSPS) is 18.2. The van der Waals surface area contributed by atoms with Crippen molar-refractivity contribution in [2.75, 3.05) is 14.7 Å². The van der Waals surface area contributed by atoms with Gasteiger partial charge in [-0.05, 0) is 201 Å². The topological polar surface area (TPSA) is 22.9 Å². The Kier molecular flexibility index (Phi) is 9.83. The van der Waals surface area contributed by atoms with Crippen molar-refractivity contribution in [2.24, 2.45) is 0 Å². The molecule has 3 heterocycles. The van der Waals surface area contributed by atoms with E-state index in [4.69, 9.17) is 4.42 Å². The highest BCUT2D eigenvalue weighted by Crippen LogP contribution is 2.54. The van der Waals surface area contributed by atoms with Gasteiger partial charge in [-0.25, -0.2) is 0 Å². The highest BCUT2D eigenvalue weighted by atomic mass is 16.3. The van der Waals surface area contributed by atoms with Gasteiger partial charge in [-0.2, -0.15) is 0 Å². The second kappa shape index (κ2) is 16.5.